The second-order valence-corrected chi connectivity index (χ2v) is 7.47. The van der Waals surface area contributed by atoms with Crippen molar-refractivity contribution in [3.63, 3.8) is 0 Å². The van der Waals surface area contributed by atoms with Crippen LogP contribution in [0.5, 0.6) is 0 Å². The van der Waals surface area contributed by atoms with Crippen molar-refractivity contribution in [2.45, 2.75) is 6.92 Å². The highest BCUT2D eigenvalue weighted by Gasteiger charge is 2.18. The maximum absolute atomic E-state index is 13.8. The number of nitrogen functional groups attached to an aromatic ring is 1. The van der Waals surface area contributed by atoms with E-state index in [1.807, 2.05) is 22.6 Å². The van der Waals surface area contributed by atoms with Crippen LogP contribution in [0.3, 0.4) is 0 Å². The number of nitrogens with zero attached hydrogens (tertiary/aromatic N) is 4. The number of nitrogens with one attached hydrogen (secondary N) is 1. The lowest BCUT2D eigenvalue weighted by Crippen LogP contribution is -2.10. The number of nitrogens with two attached hydrogens (primary N) is 1. The van der Waals surface area contributed by atoms with Gasteiger partial charge in [0.2, 0.25) is 5.95 Å². The van der Waals surface area contributed by atoms with Crippen molar-refractivity contribution in [3.05, 3.63) is 62.4 Å². The first-order valence-corrected chi connectivity index (χ1v) is 9.49. The van der Waals surface area contributed by atoms with Crippen molar-refractivity contribution < 1.29 is 8.78 Å². The van der Waals surface area contributed by atoms with Gasteiger partial charge in [-0.1, -0.05) is 11.6 Å². The van der Waals surface area contributed by atoms with Gasteiger partial charge in [-0.05, 0) is 53.8 Å². The first-order chi connectivity index (χ1) is 13.3. The Hall–Kier alpha value is -2.53. The minimum absolute atomic E-state index is 0.195. The van der Waals surface area contributed by atoms with Gasteiger partial charge in [-0.2, -0.15) is 9.97 Å². The molecule has 3 N–H and O–H groups in total. The number of halogens is 4. The first kappa shape index (κ1) is 18.8. The van der Waals surface area contributed by atoms with E-state index in [0.717, 1.165) is 17.8 Å². The molecule has 0 unspecified atom stereocenters. The van der Waals surface area contributed by atoms with E-state index in [1.165, 1.54) is 4.57 Å². The summed E-state index contributed by atoms with van der Waals surface area (Å²) in [7, 11) is 0. The molecule has 0 fully saturated rings. The summed E-state index contributed by atoms with van der Waals surface area (Å²) in [6.07, 6.45) is 0. The van der Waals surface area contributed by atoms with Gasteiger partial charge in [0.15, 0.2) is 17.5 Å². The van der Waals surface area contributed by atoms with Gasteiger partial charge in [-0.3, -0.25) is 4.57 Å². The SMILES string of the molecule is Cc1nc2cc(F)c(F)cc2n1-c1nc(N)c(I)c(Nc2ccc(Cl)cc2)n1. The van der Waals surface area contributed by atoms with Gasteiger partial charge in [0, 0.05) is 22.8 Å². The summed E-state index contributed by atoms with van der Waals surface area (Å²) in [4.78, 5) is 13.1. The number of fused-ring (bicyclic) bond motifs is 1. The molecule has 28 heavy (non-hydrogen) atoms. The van der Waals surface area contributed by atoms with Crippen LogP contribution in [0, 0.1) is 22.1 Å². The van der Waals surface area contributed by atoms with Gasteiger partial charge in [-0.15, -0.1) is 0 Å². The van der Waals surface area contributed by atoms with Crippen LogP contribution in [0.25, 0.3) is 17.0 Å². The van der Waals surface area contributed by atoms with E-state index >= 15 is 0 Å². The van der Waals surface area contributed by atoms with E-state index in [4.69, 9.17) is 17.3 Å². The number of aromatic nitrogens is 4. The lowest BCUT2D eigenvalue weighted by Gasteiger charge is -2.13. The molecule has 0 bridgehead atoms. The van der Waals surface area contributed by atoms with Gasteiger partial charge < -0.3 is 11.1 Å². The zero-order chi connectivity index (χ0) is 20.0. The van der Waals surface area contributed by atoms with E-state index in [2.05, 4.69) is 20.3 Å². The smallest absolute Gasteiger partial charge is 0.239 e. The molecule has 0 amide bonds. The second-order valence-electron chi connectivity index (χ2n) is 5.95. The highest BCUT2D eigenvalue weighted by Crippen LogP contribution is 2.28. The fraction of sp³-hybridized carbons (Fsp3) is 0.0556. The monoisotopic (exact) mass is 512 g/mol. The van der Waals surface area contributed by atoms with Crippen LogP contribution in [0.15, 0.2) is 36.4 Å². The Labute approximate surface area is 176 Å². The molecular formula is C18H12ClF2IN6. The molecule has 0 aliphatic rings. The highest BCUT2D eigenvalue weighted by atomic mass is 127. The Morgan fingerprint density at radius 2 is 1.75 bits per heavy atom. The third-order valence-electron chi connectivity index (χ3n) is 4.04. The van der Waals surface area contributed by atoms with Crippen molar-refractivity contribution >= 4 is 62.5 Å². The molecule has 0 spiro atoms. The zero-order valence-corrected chi connectivity index (χ0v) is 17.3. The molecule has 0 aliphatic heterocycles. The van der Waals surface area contributed by atoms with E-state index in [-0.39, 0.29) is 11.8 Å². The molecule has 4 aromatic rings. The van der Waals surface area contributed by atoms with Gasteiger partial charge in [0.05, 0.1) is 14.6 Å². The number of imidazole rings is 1. The number of benzene rings is 2. The maximum Gasteiger partial charge on any atom is 0.239 e. The number of anilines is 3. The summed E-state index contributed by atoms with van der Waals surface area (Å²) in [5, 5.41) is 3.77. The molecule has 0 saturated heterocycles. The second kappa shape index (κ2) is 7.13. The summed E-state index contributed by atoms with van der Waals surface area (Å²) in [6, 6.07) is 9.19. The predicted octanol–water partition coefficient (Wildman–Crippen LogP) is 4.99. The van der Waals surface area contributed by atoms with Crippen molar-refractivity contribution in [2.24, 2.45) is 0 Å². The maximum atomic E-state index is 13.8. The van der Waals surface area contributed by atoms with Crippen LogP contribution in [-0.4, -0.2) is 19.5 Å². The standard InChI is InChI=1S/C18H12ClF2IN6/c1-8-24-13-6-11(20)12(21)7-14(13)28(8)18-26-16(23)15(22)17(27-18)25-10-4-2-9(19)3-5-10/h2-7H,1H3,(H3,23,25,26,27). The minimum atomic E-state index is -0.980. The molecule has 0 aliphatic carbocycles. The lowest BCUT2D eigenvalue weighted by atomic mass is 10.3. The van der Waals surface area contributed by atoms with E-state index in [1.54, 1.807) is 31.2 Å². The third-order valence-corrected chi connectivity index (χ3v) is 5.35. The Kier molecular flexibility index (Phi) is 4.79. The summed E-state index contributed by atoms with van der Waals surface area (Å²) in [6.45, 7) is 1.69. The largest absolute Gasteiger partial charge is 0.383 e. The Morgan fingerprint density at radius 3 is 2.46 bits per heavy atom. The summed E-state index contributed by atoms with van der Waals surface area (Å²) < 4.78 is 29.5. The Balaban J connectivity index is 1.86. The molecule has 0 saturated carbocycles. The van der Waals surface area contributed by atoms with Crippen LogP contribution in [0.4, 0.5) is 26.1 Å². The van der Waals surface area contributed by atoms with Crippen molar-refractivity contribution in [1.29, 1.82) is 0 Å². The highest BCUT2D eigenvalue weighted by molar-refractivity contribution is 14.1. The average Bonchev–Trinajstić information content (AvgIpc) is 2.96. The fourth-order valence-corrected chi connectivity index (χ4v) is 3.25. The van der Waals surface area contributed by atoms with Gasteiger partial charge in [-0.25, -0.2) is 13.8 Å². The first-order valence-electron chi connectivity index (χ1n) is 8.03. The number of hydrogen-bond donors (Lipinski definition) is 2. The number of rotatable bonds is 3. The molecular weight excluding hydrogens is 501 g/mol. The van der Waals surface area contributed by atoms with Gasteiger partial charge >= 0.3 is 0 Å². The predicted molar refractivity (Wildman–Crippen MR) is 113 cm³/mol. The third kappa shape index (κ3) is 3.35. The van der Waals surface area contributed by atoms with E-state index in [0.29, 0.717) is 31.3 Å². The number of aryl methyl sites for hydroxylation is 1. The van der Waals surface area contributed by atoms with Crippen molar-refractivity contribution in [1.82, 2.24) is 19.5 Å². The quantitative estimate of drug-likeness (QED) is 0.378. The molecule has 4 rings (SSSR count). The van der Waals surface area contributed by atoms with Crippen molar-refractivity contribution in [3.8, 4) is 5.95 Å². The zero-order valence-electron chi connectivity index (χ0n) is 14.3. The minimum Gasteiger partial charge on any atom is -0.383 e. The molecule has 2 aromatic carbocycles. The molecule has 2 aromatic heterocycles. The topological polar surface area (TPSA) is 81.7 Å². The van der Waals surface area contributed by atoms with Crippen molar-refractivity contribution in [2.75, 3.05) is 11.1 Å². The average molecular weight is 513 g/mol. The normalized spacial score (nSPS) is 11.2. The lowest BCUT2D eigenvalue weighted by molar-refractivity contribution is 0.510. The molecule has 0 atom stereocenters. The number of hydrogen-bond acceptors (Lipinski definition) is 5. The van der Waals surface area contributed by atoms with E-state index < -0.39 is 11.6 Å². The fourth-order valence-electron chi connectivity index (χ4n) is 2.75. The molecule has 10 heteroatoms. The summed E-state index contributed by atoms with van der Waals surface area (Å²) in [5.41, 5.74) is 7.46. The summed E-state index contributed by atoms with van der Waals surface area (Å²) >= 11 is 7.95. The van der Waals surface area contributed by atoms with Crippen LogP contribution < -0.4 is 11.1 Å². The Morgan fingerprint density at radius 1 is 1.07 bits per heavy atom. The molecule has 0 radical (unpaired) electrons. The molecule has 142 valence electrons. The summed E-state index contributed by atoms with van der Waals surface area (Å²) in [5.74, 6) is -0.574. The van der Waals surface area contributed by atoms with Crippen LogP contribution in [0.1, 0.15) is 5.82 Å². The van der Waals surface area contributed by atoms with Crippen LogP contribution in [0.2, 0.25) is 5.02 Å². The van der Waals surface area contributed by atoms with Crippen LogP contribution >= 0.6 is 34.2 Å². The Bertz CT molecular complexity index is 1210. The van der Waals surface area contributed by atoms with E-state index in [9.17, 15) is 8.78 Å². The van der Waals surface area contributed by atoms with Crippen LogP contribution in [-0.2, 0) is 0 Å². The molecule has 2 heterocycles. The van der Waals surface area contributed by atoms with Gasteiger partial charge in [0.25, 0.3) is 0 Å². The van der Waals surface area contributed by atoms with Gasteiger partial charge in [0.1, 0.15) is 11.6 Å². The molecule has 6 nitrogen and oxygen atoms in total.